The van der Waals surface area contributed by atoms with Crippen LogP contribution >= 0.6 is 11.8 Å². The number of amidine groups is 1. The van der Waals surface area contributed by atoms with Gasteiger partial charge in [-0.2, -0.15) is 5.10 Å². The normalized spacial score (nSPS) is 16.3. The maximum atomic E-state index is 12.1. The zero-order valence-corrected chi connectivity index (χ0v) is 16.7. The van der Waals surface area contributed by atoms with Crippen LogP contribution in [0.15, 0.2) is 51.5 Å². The van der Waals surface area contributed by atoms with Gasteiger partial charge in [0.15, 0.2) is 5.17 Å². The molecule has 0 atom stereocenters. The number of phenolic OH excluding ortho intramolecular Hbond substituents is 1. The van der Waals surface area contributed by atoms with E-state index in [1.54, 1.807) is 25.3 Å². The second kappa shape index (κ2) is 9.09. The van der Waals surface area contributed by atoms with E-state index in [2.05, 4.69) is 15.5 Å². The fraction of sp³-hybridized carbons (Fsp3) is 0.105. The molecule has 2 aromatic rings. The molecule has 1 aliphatic rings. The third kappa shape index (κ3) is 4.75. The molecule has 11 heteroatoms. The zero-order chi connectivity index (χ0) is 21.7. The van der Waals surface area contributed by atoms with Crippen LogP contribution in [-0.4, -0.2) is 41.5 Å². The predicted molar refractivity (Wildman–Crippen MR) is 113 cm³/mol. The highest BCUT2D eigenvalue weighted by molar-refractivity contribution is 8.18. The van der Waals surface area contributed by atoms with Gasteiger partial charge in [-0.1, -0.05) is 0 Å². The smallest absolute Gasteiger partial charge is 0.270 e. The number of carbonyl (C=O) groups excluding carboxylic acids is 1. The van der Waals surface area contributed by atoms with Crippen LogP contribution < -0.4 is 14.8 Å². The lowest BCUT2D eigenvalue weighted by Crippen LogP contribution is -2.19. The fourth-order valence-electron chi connectivity index (χ4n) is 2.46. The van der Waals surface area contributed by atoms with Gasteiger partial charge in [0.1, 0.15) is 17.2 Å². The van der Waals surface area contributed by atoms with Crippen molar-refractivity contribution in [2.24, 2.45) is 10.2 Å². The van der Waals surface area contributed by atoms with E-state index in [1.165, 1.54) is 37.6 Å². The lowest BCUT2D eigenvalue weighted by Gasteiger charge is -2.06. The quantitative estimate of drug-likeness (QED) is 0.312. The number of carbonyl (C=O) groups is 1. The van der Waals surface area contributed by atoms with Crippen molar-refractivity contribution in [3.63, 3.8) is 0 Å². The van der Waals surface area contributed by atoms with Gasteiger partial charge in [0.25, 0.3) is 11.6 Å². The largest absolute Gasteiger partial charge is 0.507 e. The highest BCUT2D eigenvalue weighted by atomic mass is 32.2. The average Bonchev–Trinajstić information content (AvgIpc) is 3.08. The summed E-state index contributed by atoms with van der Waals surface area (Å²) in [5.41, 5.74) is 0.610. The third-order valence-corrected chi connectivity index (χ3v) is 4.85. The number of benzene rings is 2. The summed E-state index contributed by atoms with van der Waals surface area (Å²) in [7, 11) is 3.07. The first-order chi connectivity index (χ1) is 14.4. The number of nitro groups is 1. The summed E-state index contributed by atoms with van der Waals surface area (Å²) >= 11 is 0.992. The standard InChI is InChI=1S/C19H16N4O6S/c1-28-14-5-3-11(16(9-14)29-2)10-20-22-19-21-18(25)17(30-19)8-12-7-13(23(26)27)4-6-15(12)24/h3-10,24H,1-2H3,(H,21,22,25)/b17-8+,20-10-. The minimum atomic E-state index is -0.585. The van der Waals surface area contributed by atoms with Crippen molar-refractivity contribution in [1.82, 2.24) is 5.32 Å². The number of methoxy groups -OCH3 is 2. The first-order valence-corrected chi connectivity index (χ1v) is 9.24. The van der Waals surface area contributed by atoms with Crippen LogP contribution in [-0.2, 0) is 4.79 Å². The van der Waals surface area contributed by atoms with Crippen molar-refractivity contribution in [3.8, 4) is 17.2 Å². The van der Waals surface area contributed by atoms with Crippen molar-refractivity contribution in [2.45, 2.75) is 0 Å². The summed E-state index contributed by atoms with van der Waals surface area (Å²) in [5.74, 6) is 0.537. The van der Waals surface area contributed by atoms with Crippen molar-refractivity contribution in [2.75, 3.05) is 14.2 Å². The maximum Gasteiger partial charge on any atom is 0.270 e. The van der Waals surface area contributed by atoms with Gasteiger partial charge in [-0.15, -0.1) is 5.10 Å². The molecule has 1 amide bonds. The highest BCUT2D eigenvalue weighted by Crippen LogP contribution is 2.31. The number of non-ortho nitro benzene ring substituents is 1. The molecule has 0 saturated carbocycles. The van der Waals surface area contributed by atoms with Crippen LogP contribution in [0.4, 0.5) is 5.69 Å². The lowest BCUT2D eigenvalue weighted by atomic mass is 10.1. The van der Waals surface area contributed by atoms with Crippen LogP contribution in [0, 0.1) is 10.1 Å². The molecule has 0 radical (unpaired) electrons. The van der Waals surface area contributed by atoms with E-state index in [9.17, 15) is 20.0 Å². The molecule has 0 aromatic heterocycles. The highest BCUT2D eigenvalue weighted by Gasteiger charge is 2.24. The van der Waals surface area contributed by atoms with Crippen LogP contribution in [0.25, 0.3) is 6.08 Å². The number of thioether (sulfide) groups is 1. The second-order valence-corrected chi connectivity index (χ2v) is 6.85. The summed E-state index contributed by atoms with van der Waals surface area (Å²) in [5, 5.41) is 31.5. The molecule has 0 unspecified atom stereocenters. The van der Waals surface area contributed by atoms with Crippen molar-refractivity contribution >= 4 is 40.8 Å². The molecule has 2 aromatic carbocycles. The molecule has 1 saturated heterocycles. The number of hydrogen-bond donors (Lipinski definition) is 2. The number of rotatable bonds is 6. The van der Waals surface area contributed by atoms with E-state index in [1.807, 2.05) is 0 Å². The summed E-state index contributed by atoms with van der Waals surface area (Å²) in [6.45, 7) is 0. The molecular weight excluding hydrogens is 412 g/mol. The third-order valence-electron chi connectivity index (χ3n) is 3.95. The average molecular weight is 428 g/mol. The number of hydrogen-bond acceptors (Lipinski definition) is 9. The molecule has 0 bridgehead atoms. The van der Waals surface area contributed by atoms with Gasteiger partial charge in [-0.3, -0.25) is 20.2 Å². The van der Waals surface area contributed by atoms with E-state index in [0.29, 0.717) is 17.1 Å². The van der Waals surface area contributed by atoms with E-state index >= 15 is 0 Å². The Morgan fingerprint density at radius 3 is 2.67 bits per heavy atom. The minimum absolute atomic E-state index is 0.148. The summed E-state index contributed by atoms with van der Waals surface area (Å²) in [6.07, 6.45) is 2.81. The van der Waals surface area contributed by atoms with E-state index in [4.69, 9.17) is 9.47 Å². The lowest BCUT2D eigenvalue weighted by molar-refractivity contribution is -0.384. The Balaban J connectivity index is 1.78. The van der Waals surface area contributed by atoms with Crippen molar-refractivity contribution in [3.05, 3.63) is 62.5 Å². The Morgan fingerprint density at radius 1 is 1.17 bits per heavy atom. The Kier molecular flexibility index (Phi) is 6.32. The predicted octanol–water partition coefficient (Wildman–Crippen LogP) is 2.91. The van der Waals surface area contributed by atoms with Gasteiger partial charge in [-0.25, -0.2) is 0 Å². The van der Waals surface area contributed by atoms with Gasteiger partial charge in [0.2, 0.25) is 0 Å². The Labute approximate surface area is 175 Å². The van der Waals surface area contributed by atoms with Gasteiger partial charge < -0.3 is 14.6 Å². The SMILES string of the molecule is COc1ccc(/C=N\N=C2\NC(=O)/C(=C\c3cc([N+](=O)[O-])ccc3O)S2)c(OC)c1. The van der Waals surface area contributed by atoms with Crippen LogP contribution in [0.3, 0.4) is 0 Å². The number of nitrogens with zero attached hydrogens (tertiary/aromatic N) is 3. The summed E-state index contributed by atoms with van der Waals surface area (Å²) < 4.78 is 10.4. The van der Waals surface area contributed by atoms with Crippen molar-refractivity contribution < 1.29 is 24.3 Å². The summed E-state index contributed by atoms with van der Waals surface area (Å²) in [4.78, 5) is 22.7. The van der Waals surface area contributed by atoms with Gasteiger partial charge in [0, 0.05) is 29.3 Å². The van der Waals surface area contributed by atoms with E-state index in [0.717, 1.165) is 11.8 Å². The maximum absolute atomic E-state index is 12.1. The first-order valence-electron chi connectivity index (χ1n) is 8.42. The number of ether oxygens (including phenoxy) is 2. The second-order valence-electron chi connectivity index (χ2n) is 5.82. The molecular formula is C19H16N4O6S. The van der Waals surface area contributed by atoms with E-state index < -0.39 is 10.8 Å². The molecule has 0 aliphatic carbocycles. The molecule has 10 nitrogen and oxygen atoms in total. The van der Waals surface area contributed by atoms with Crippen molar-refractivity contribution in [1.29, 1.82) is 0 Å². The molecule has 1 fully saturated rings. The molecule has 2 N–H and O–H groups in total. The number of aromatic hydroxyl groups is 1. The fourth-order valence-corrected chi connectivity index (χ4v) is 3.23. The van der Waals surface area contributed by atoms with E-state index in [-0.39, 0.29) is 27.1 Å². The van der Waals surface area contributed by atoms with Crippen LogP contribution in [0.1, 0.15) is 11.1 Å². The molecule has 1 heterocycles. The molecule has 154 valence electrons. The number of amides is 1. The Hall–Kier alpha value is -3.86. The number of phenols is 1. The van der Waals surface area contributed by atoms with Gasteiger partial charge in [0.05, 0.1) is 30.3 Å². The van der Waals surface area contributed by atoms with Gasteiger partial charge >= 0.3 is 0 Å². The Bertz CT molecular complexity index is 1100. The first kappa shape index (κ1) is 20.9. The molecule has 1 aliphatic heterocycles. The monoisotopic (exact) mass is 428 g/mol. The van der Waals surface area contributed by atoms with Crippen LogP contribution in [0.2, 0.25) is 0 Å². The topological polar surface area (TPSA) is 136 Å². The molecule has 30 heavy (non-hydrogen) atoms. The van der Waals surface area contributed by atoms with Gasteiger partial charge in [-0.05, 0) is 36.0 Å². The van der Waals surface area contributed by atoms with Crippen LogP contribution in [0.5, 0.6) is 17.2 Å². The Morgan fingerprint density at radius 2 is 1.97 bits per heavy atom. The zero-order valence-electron chi connectivity index (χ0n) is 15.9. The number of nitrogens with one attached hydrogen (secondary N) is 1. The summed E-state index contributed by atoms with van der Waals surface area (Å²) in [6, 6.07) is 8.75. The number of nitro benzene ring substituents is 1. The molecule has 0 spiro atoms. The minimum Gasteiger partial charge on any atom is -0.507 e. The molecule has 3 rings (SSSR count).